The first kappa shape index (κ1) is 17.6. The van der Waals surface area contributed by atoms with Gasteiger partial charge in [-0.15, -0.1) is 0 Å². The fraction of sp³-hybridized carbons (Fsp3) is 0.400. The van der Waals surface area contributed by atoms with E-state index in [1.54, 1.807) is 14.2 Å². The van der Waals surface area contributed by atoms with E-state index in [1.807, 2.05) is 12.1 Å². The highest BCUT2D eigenvalue weighted by Crippen LogP contribution is 2.27. The second-order valence-electron chi connectivity index (χ2n) is 6.06. The quantitative estimate of drug-likeness (QED) is 0.838. The molecule has 0 spiro atoms. The zero-order valence-corrected chi connectivity index (χ0v) is 15.0. The molecule has 1 N–H and O–H groups in total. The van der Waals surface area contributed by atoms with Crippen LogP contribution in [0, 0.1) is 0 Å². The van der Waals surface area contributed by atoms with Crippen LogP contribution in [0.3, 0.4) is 0 Å². The normalized spacial score (nSPS) is 14.4. The van der Waals surface area contributed by atoms with Crippen LogP contribution < -0.4 is 19.7 Å². The summed E-state index contributed by atoms with van der Waals surface area (Å²) in [7, 11) is 3.31. The molecule has 0 saturated carbocycles. The Hall–Kier alpha value is -2.24. The van der Waals surface area contributed by atoms with E-state index in [0.29, 0.717) is 0 Å². The molecule has 0 radical (unpaired) electrons. The van der Waals surface area contributed by atoms with E-state index in [2.05, 4.69) is 40.5 Å². The Morgan fingerprint density at radius 2 is 1.52 bits per heavy atom. The molecule has 134 valence electrons. The Kier molecular flexibility index (Phi) is 6.14. The molecular weight excluding hydrogens is 316 g/mol. The lowest BCUT2D eigenvalue weighted by atomic mass is 10.1. The van der Waals surface area contributed by atoms with Crippen LogP contribution >= 0.6 is 0 Å². The van der Waals surface area contributed by atoms with Gasteiger partial charge in [0.25, 0.3) is 0 Å². The SMILES string of the molecule is COc1ccc(CNCc2ccc(N3CCOCC3)cc2)cc1OC. The van der Waals surface area contributed by atoms with Gasteiger partial charge in [0.2, 0.25) is 0 Å². The van der Waals surface area contributed by atoms with Gasteiger partial charge in [-0.3, -0.25) is 0 Å². The van der Waals surface area contributed by atoms with E-state index >= 15 is 0 Å². The highest BCUT2D eigenvalue weighted by Gasteiger charge is 2.10. The molecule has 1 heterocycles. The standard InChI is InChI=1S/C20H26N2O3/c1-23-19-8-5-17(13-20(19)24-2)15-21-14-16-3-6-18(7-4-16)22-9-11-25-12-10-22/h3-8,13,21H,9-12,14-15H2,1-2H3. The molecule has 2 aromatic rings. The maximum absolute atomic E-state index is 5.40. The van der Waals surface area contributed by atoms with Gasteiger partial charge in [-0.05, 0) is 35.4 Å². The molecule has 0 aliphatic carbocycles. The van der Waals surface area contributed by atoms with E-state index in [4.69, 9.17) is 14.2 Å². The van der Waals surface area contributed by atoms with Crippen molar-refractivity contribution >= 4 is 5.69 Å². The van der Waals surface area contributed by atoms with Crippen LogP contribution in [0.5, 0.6) is 11.5 Å². The van der Waals surface area contributed by atoms with Crippen molar-refractivity contribution < 1.29 is 14.2 Å². The molecule has 2 aromatic carbocycles. The lowest BCUT2D eigenvalue weighted by molar-refractivity contribution is 0.122. The summed E-state index contributed by atoms with van der Waals surface area (Å²) in [5.74, 6) is 1.52. The number of ether oxygens (including phenoxy) is 3. The molecule has 5 heteroatoms. The first-order valence-corrected chi connectivity index (χ1v) is 8.63. The third kappa shape index (κ3) is 4.65. The maximum Gasteiger partial charge on any atom is 0.161 e. The number of hydrogen-bond acceptors (Lipinski definition) is 5. The second kappa shape index (κ2) is 8.74. The first-order chi connectivity index (χ1) is 12.3. The molecule has 0 amide bonds. The molecule has 5 nitrogen and oxygen atoms in total. The monoisotopic (exact) mass is 342 g/mol. The lowest BCUT2D eigenvalue weighted by Crippen LogP contribution is -2.36. The molecule has 0 aromatic heterocycles. The minimum absolute atomic E-state index is 0.755. The van der Waals surface area contributed by atoms with Gasteiger partial charge in [-0.25, -0.2) is 0 Å². The Balaban J connectivity index is 1.52. The van der Waals surface area contributed by atoms with E-state index in [0.717, 1.165) is 50.9 Å². The summed E-state index contributed by atoms with van der Waals surface area (Å²) in [6, 6.07) is 14.8. The van der Waals surface area contributed by atoms with Crippen LogP contribution in [0.25, 0.3) is 0 Å². The molecule has 0 atom stereocenters. The van der Waals surface area contributed by atoms with Crippen LogP contribution in [0.1, 0.15) is 11.1 Å². The molecule has 3 rings (SSSR count). The van der Waals surface area contributed by atoms with Crippen LogP contribution in [0.4, 0.5) is 5.69 Å². The lowest BCUT2D eigenvalue weighted by Gasteiger charge is -2.28. The van der Waals surface area contributed by atoms with Gasteiger partial charge in [0.1, 0.15) is 0 Å². The van der Waals surface area contributed by atoms with Crippen molar-refractivity contribution in [3.63, 3.8) is 0 Å². The Labute approximate surface area is 149 Å². The number of nitrogens with zero attached hydrogens (tertiary/aromatic N) is 1. The molecule has 0 unspecified atom stereocenters. The third-order valence-corrected chi connectivity index (χ3v) is 4.42. The predicted octanol–water partition coefficient (Wildman–Crippen LogP) is 2.83. The molecule has 0 bridgehead atoms. The highest BCUT2D eigenvalue weighted by molar-refractivity contribution is 5.48. The van der Waals surface area contributed by atoms with Crippen molar-refractivity contribution in [1.29, 1.82) is 0 Å². The number of anilines is 1. The van der Waals surface area contributed by atoms with E-state index < -0.39 is 0 Å². The van der Waals surface area contributed by atoms with Gasteiger partial charge < -0.3 is 24.4 Å². The van der Waals surface area contributed by atoms with Crippen LogP contribution in [-0.2, 0) is 17.8 Å². The molecule has 1 saturated heterocycles. The molecule has 1 aliphatic heterocycles. The van der Waals surface area contributed by atoms with E-state index in [1.165, 1.54) is 16.8 Å². The largest absolute Gasteiger partial charge is 0.493 e. The average molecular weight is 342 g/mol. The Morgan fingerprint density at radius 3 is 2.20 bits per heavy atom. The zero-order valence-electron chi connectivity index (χ0n) is 15.0. The minimum Gasteiger partial charge on any atom is -0.493 e. The number of benzene rings is 2. The van der Waals surface area contributed by atoms with E-state index in [-0.39, 0.29) is 0 Å². The van der Waals surface area contributed by atoms with Crippen molar-refractivity contribution in [1.82, 2.24) is 5.32 Å². The number of methoxy groups -OCH3 is 2. The molecule has 25 heavy (non-hydrogen) atoms. The summed E-state index contributed by atoms with van der Waals surface area (Å²) in [4.78, 5) is 2.37. The van der Waals surface area contributed by atoms with Crippen molar-refractivity contribution in [3.8, 4) is 11.5 Å². The second-order valence-corrected chi connectivity index (χ2v) is 6.06. The van der Waals surface area contributed by atoms with Gasteiger partial charge >= 0.3 is 0 Å². The summed E-state index contributed by atoms with van der Waals surface area (Å²) >= 11 is 0. The van der Waals surface area contributed by atoms with Gasteiger partial charge in [0.15, 0.2) is 11.5 Å². The van der Waals surface area contributed by atoms with Gasteiger partial charge in [-0.1, -0.05) is 18.2 Å². The fourth-order valence-corrected chi connectivity index (χ4v) is 2.99. The maximum atomic E-state index is 5.40. The summed E-state index contributed by atoms with van der Waals surface area (Å²) in [6.07, 6.45) is 0. The van der Waals surface area contributed by atoms with Gasteiger partial charge in [-0.2, -0.15) is 0 Å². The van der Waals surface area contributed by atoms with Gasteiger partial charge in [0.05, 0.1) is 27.4 Å². The van der Waals surface area contributed by atoms with Crippen LogP contribution in [0.2, 0.25) is 0 Å². The van der Waals surface area contributed by atoms with Gasteiger partial charge in [0, 0.05) is 31.9 Å². The molecule has 1 aliphatic rings. The summed E-state index contributed by atoms with van der Waals surface area (Å²) < 4.78 is 16.0. The first-order valence-electron chi connectivity index (χ1n) is 8.63. The van der Waals surface area contributed by atoms with Crippen molar-refractivity contribution in [2.45, 2.75) is 13.1 Å². The topological polar surface area (TPSA) is 43.0 Å². The smallest absolute Gasteiger partial charge is 0.161 e. The van der Waals surface area contributed by atoms with Crippen LogP contribution in [0.15, 0.2) is 42.5 Å². The molecule has 1 fully saturated rings. The molecular formula is C20H26N2O3. The summed E-state index contributed by atoms with van der Waals surface area (Å²) in [5, 5.41) is 3.48. The zero-order chi connectivity index (χ0) is 17.5. The summed E-state index contributed by atoms with van der Waals surface area (Å²) in [6.45, 7) is 5.18. The fourth-order valence-electron chi connectivity index (χ4n) is 2.99. The van der Waals surface area contributed by atoms with Crippen molar-refractivity contribution in [2.75, 3.05) is 45.4 Å². The van der Waals surface area contributed by atoms with Crippen molar-refractivity contribution in [3.05, 3.63) is 53.6 Å². The van der Waals surface area contributed by atoms with Crippen LogP contribution in [-0.4, -0.2) is 40.5 Å². The number of nitrogens with one attached hydrogen (secondary N) is 1. The number of morpholine rings is 1. The predicted molar refractivity (Wildman–Crippen MR) is 99.6 cm³/mol. The highest BCUT2D eigenvalue weighted by atomic mass is 16.5. The third-order valence-electron chi connectivity index (χ3n) is 4.42. The summed E-state index contributed by atoms with van der Waals surface area (Å²) in [5.41, 5.74) is 3.71. The Morgan fingerprint density at radius 1 is 0.880 bits per heavy atom. The minimum atomic E-state index is 0.755. The van der Waals surface area contributed by atoms with Crippen molar-refractivity contribution in [2.24, 2.45) is 0 Å². The number of hydrogen-bond donors (Lipinski definition) is 1. The number of rotatable bonds is 7. The van der Waals surface area contributed by atoms with E-state index in [9.17, 15) is 0 Å². The average Bonchev–Trinajstić information content (AvgIpc) is 2.69. The Bertz CT molecular complexity index is 667.